The third kappa shape index (κ3) is 4.92. The predicted octanol–water partition coefficient (Wildman–Crippen LogP) is 6.63. The van der Waals surface area contributed by atoms with Crippen molar-refractivity contribution >= 4 is 5.97 Å². The number of carbonyl (C=O) groups is 1. The van der Waals surface area contributed by atoms with Crippen molar-refractivity contribution in [1.82, 2.24) is 0 Å². The van der Waals surface area contributed by atoms with E-state index in [1.54, 1.807) is 6.07 Å². The second-order valence-corrected chi connectivity index (χ2v) is 11.6. The number of hydrogen-bond acceptors (Lipinski definition) is 6. The number of hydrogen-bond donors (Lipinski definition) is 0. The SMILES string of the molecule is COC(=O)C[C@@H]1COc2cc(O[C@@H]3CCc4c(-c5c(C)cc(OCC6(C)COC6)cc5C)ccc(F)c43)ccc21. The molecule has 0 radical (unpaired) electrons. The summed E-state index contributed by atoms with van der Waals surface area (Å²) in [6.45, 7) is 8.83. The van der Waals surface area contributed by atoms with Gasteiger partial charge in [0.05, 0.1) is 40.0 Å². The van der Waals surface area contributed by atoms with Gasteiger partial charge in [0.2, 0.25) is 0 Å². The quantitative estimate of drug-likeness (QED) is 0.296. The van der Waals surface area contributed by atoms with Crippen LogP contribution in [-0.4, -0.2) is 39.5 Å². The molecule has 1 fully saturated rings. The number of fused-ring (bicyclic) bond motifs is 2. The van der Waals surface area contributed by atoms with Crippen LogP contribution in [0.1, 0.15) is 59.6 Å². The molecule has 7 heteroatoms. The van der Waals surface area contributed by atoms with Crippen molar-refractivity contribution in [2.24, 2.45) is 5.41 Å². The van der Waals surface area contributed by atoms with Gasteiger partial charge in [-0.2, -0.15) is 0 Å². The number of halogens is 1. The lowest BCUT2D eigenvalue weighted by Gasteiger charge is -2.37. The van der Waals surface area contributed by atoms with Crippen LogP contribution in [0.4, 0.5) is 4.39 Å². The molecule has 2 aliphatic heterocycles. The van der Waals surface area contributed by atoms with Crippen LogP contribution in [0.3, 0.4) is 0 Å². The minimum Gasteiger partial charge on any atom is -0.493 e. The van der Waals surface area contributed by atoms with Crippen molar-refractivity contribution in [3.63, 3.8) is 0 Å². The molecule has 1 aliphatic carbocycles. The van der Waals surface area contributed by atoms with Gasteiger partial charge in [0.1, 0.15) is 29.2 Å². The van der Waals surface area contributed by atoms with Gasteiger partial charge in [0.15, 0.2) is 0 Å². The number of rotatable bonds is 8. The summed E-state index contributed by atoms with van der Waals surface area (Å²) >= 11 is 0. The van der Waals surface area contributed by atoms with Crippen LogP contribution in [0.25, 0.3) is 11.1 Å². The maximum atomic E-state index is 15.3. The molecular formula is C33H35FO6. The van der Waals surface area contributed by atoms with Crippen molar-refractivity contribution in [3.05, 3.63) is 76.1 Å². The van der Waals surface area contributed by atoms with Crippen molar-refractivity contribution in [2.75, 3.05) is 33.5 Å². The summed E-state index contributed by atoms with van der Waals surface area (Å²) in [6.07, 6.45) is 1.29. The number of aryl methyl sites for hydroxylation is 2. The van der Waals surface area contributed by atoms with E-state index in [0.717, 1.165) is 58.8 Å². The largest absolute Gasteiger partial charge is 0.493 e. The first kappa shape index (κ1) is 26.6. The molecule has 0 saturated carbocycles. The van der Waals surface area contributed by atoms with E-state index in [-0.39, 0.29) is 29.5 Å². The third-order valence-electron chi connectivity index (χ3n) is 8.33. The zero-order valence-electron chi connectivity index (χ0n) is 23.5. The van der Waals surface area contributed by atoms with Crippen molar-refractivity contribution in [2.45, 2.75) is 52.1 Å². The normalized spacial score (nSPS) is 20.2. The van der Waals surface area contributed by atoms with Gasteiger partial charge in [-0.05, 0) is 78.8 Å². The summed E-state index contributed by atoms with van der Waals surface area (Å²) < 4.78 is 43.8. The molecule has 0 unspecified atom stereocenters. The molecule has 0 bridgehead atoms. The number of ether oxygens (including phenoxy) is 5. The molecule has 3 aromatic carbocycles. The lowest BCUT2D eigenvalue weighted by molar-refractivity contribution is -0.141. The lowest BCUT2D eigenvalue weighted by Crippen LogP contribution is -2.44. The number of esters is 1. The molecule has 1 saturated heterocycles. The summed E-state index contributed by atoms with van der Waals surface area (Å²) in [5.41, 5.74) is 7.02. The molecule has 6 rings (SSSR count). The highest BCUT2D eigenvalue weighted by Gasteiger charge is 2.35. The van der Waals surface area contributed by atoms with E-state index in [4.69, 9.17) is 23.7 Å². The van der Waals surface area contributed by atoms with Crippen LogP contribution in [0.2, 0.25) is 0 Å². The second-order valence-electron chi connectivity index (χ2n) is 11.6. The maximum Gasteiger partial charge on any atom is 0.306 e. The highest BCUT2D eigenvalue weighted by atomic mass is 19.1. The van der Waals surface area contributed by atoms with Crippen LogP contribution in [0.15, 0.2) is 42.5 Å². The molecule has 6 nitrogen and oxygen atoms in total. The summed E-state index contributed by atoms with van der Waals surface area (Å²) in [6, 6.07) is 13.2. The first-order valence-corrected chi connectivity index (χ1v) is 13.9. The van der Waals surface area contributed by atoms with E-state index in [9.17, 15) is 4.79 Å². The molecular weight excluding hydrogens is 511 g/mol. The number of carbonyl (C=O) groups excluding carboxylic acids is 1. The summed E-state index contributed by atoms with van der Waals surface area (Å²) in [5, 5.41) is 0. The molecule has 2 atom stereocenters. The van der Waals surface area contributed by atoms with E-state index >= 15 is 4.39 Å². The van der Waals surface area contributed by atoms with Crippen molar-refractivity contribution in [1.29, 1.82) is 0 Å². The second kappa shape index (κ2) is 10.4. The number of methoxy groups -OCH3 is 1. The van der Waals surface area contributed by atoms with Crippen LogP contribution in [-0.2, 0) is 20.7 Å². The average Bonchev–Trinajstić information content (AvgIpc) is 3.52. The molecule has 2 heterocycles. The molecule has 210 valence electrons. The van der Waals surface area contributed by atoms with Gasteiger partial charge in [-0.25, -0.2) is 4.39 Å². The first-order chi connectivity index (χ1) is 19.2. The third-order valence-corrected chi connectivity index (χ3v) is 8.33. The first-order valence-electron chi connectivity index (χ1n) is 13.9. The van der Waals surface area contributed by atoms with Crippen LogP contribution >= 0.6 is 0 Å². The monoisotopic (exact) mass is 546 g/mol. The van der Waals surface area contributed by atoms with Crippen LogP contribution in [0.5, 0.6) is 17.2 Å². The Morgan fingerprint density at radius 2 is 1.85 bits per heavy atom. The molecule has 0 amide bonds. The van der Waals surface area contributed by atoms with Gasteiger partial charge in [-0.15, -0.1) is 0 Å². The fourth-order valence-electron chi connectivity index (χ4n) is 6.20. The summed E-state index contributed by atoms with van der Waals surface area (Å²) in [5.74, 6) is 1.62. The summed E-state index contributed by atoms with van der Waals surface area (Å²) in [4.78, 5) is 11.7. The minimum absolute atomic E-state index is 0.0395. The molecule has 3 aliphatic rings. The molecule has 0 N–H and O–H groups in total. The molecule has 40 heavy (non-hydrogen) atoms. The standard InChI is InChI=1S/C33H35FO6/c1-19-11-23(39-18-33(3)16-37-17-33)12-20(2)31(19)25-7-9-27(34)32-26(25)8-10-28(32)40-22-5-6-24-21(13-30(35)36-4)15-38-29(24)14-22/h5-7,9,11-12,14,21,28H,8,10,13,15-18H2,1-4H3/t21-,28-/m1/s1. The van der Waals surface area contributed by atoms with Crippen LogP contribution < -0.4 is 14.2 Å². The van der Waals surface area contributed by atoms with Crippen LogP contribution in [0, 0.1) is 25.1 Å². The van der Waals surface area contributed by atoms with E-state index < -0.39 is 6.10 Å². The average molecular weight is 547 g/mol. The van der Waals surface area contributed by atoms with E-state index in [1.807, 2.05) is 24.3 Å². The van der Waals surface area contributed by atoms with E-state index in [0.29, 0.717) is 36.7 Å². The Hall–Kier alpha value is -3.58. The van der Waals surface area contributed by atoms with E-state index in [2.05, 4.69) is 32.9 Å². The minimum atomic E-state index is -0.395. The molecule has 0 aromatic heterocycles. The topological polar surface area (TPSA) is 63.2 Å². The van der Waals surface area contributed by atoms with E-state index in [1.165, 1.54) is 7.11 Å². The Morgan fingerprint density at radius 3 is 2.55 bits per heavy atom. The van der Waals surface area contributed by atoms with Gasteiger partial charge in [0, 0.05) is 28.5 Å². The van der Waals surface area contributed by atoms with Gasteiger partial charge in [-0.1, -0.05) is 19.1 Å². The Bertz CT molecular complexity index is 1440. The Morgan fingerprint density at radius 1 is 1.07 bits per heavy atom. The smallest absolute Gasteiger partial charge is 0.306 e. The molecule has 0 spiro atoms. The Labute approximate surface area is 234 Å². The van der Waals surface area contributed by atoms with Gasteiger partial charge in [0.25, 0.3) is 0 Å². The Balaban J connectivity index is 1.23. The Kier molecular flexibility index (Phi) is 6.95. The van der Waals surface area contributed by atoms with Gasteiger partial charge >= 0.3 is 5.97 Å². The number of benzene rings is 3. The molecule has 3 aromatic rings. The highest BCUT2D eigenvalue weighted by molar-refractivity contribution is 5.76. The highest BCUT2D eigenvalue weighted by Crippen LogP contribution is 2.45. The fraction of sp³-hybridized carbons (Fsp3) is 0.424. The van der Waals surface area contributed by atoms with Gasteiger partial charge < -0.3 is 23.7 Å². The summed E-state index contributed by atoms with van der Waals surface area (Å²) in [7, 11) is 1.39. The van der Waals surface area contributed by atoms with Gasteiger partial charge in [-0.3, -0.25) is 4.79 Å². The lowest BCUT2D eigenvalue weighted by atomic mass is 9.89. The zero-order valence-corrected chi connectivity index (χ0v) is 23.5. The predicted molar refractivity (Wildman–Crippen MR) is 149 cm³/mol. The van der Waals surface area contributed by atoms with Crippen molar-refractivity contribution in [3.8, 4) is 28.4 Å². The van der Waals surface area contributed by atoms with Crippen molar-refractivity contribution < 1.29 is 32.9 Å². The fourth-order valence-corrected chi connectivity index (χ4v) is 6.20. The zero-order chi connectivity index (χ0) is 28.0. The maximum absolute atomic E-state index is 15.3.